The Labute approximate surface area is 184 Å². The van der Waals surface area contributed by atoms with E-state index in [1.807, 2.05) is 21.8 Å². The predicted molar refractivity (Wildman–Crippen MR) is 117 cm³/mol. The van der Waals surface area contributed by atoms with Crippen molar-refractivity contribution in [1.29, 1.82) is 0 Å². The van der Waals surface area contributed by atoms with Crippen molar-refractivity contribution < 1.29 is 14.7 Å². The highest BCUT2D eigenvalue weighted by Gasteiger charge is 2.39. The maximum absolute atomic E-state index is 12.7. The molecule has 1 saturated carbocycles. The molecule has 2 fully saturated rings. The van der Waals surface area contributed by atoms with Gasteiger partial charge >= 0.3 is 0 Å². The van der Waals surface area contributed by atoms with Gasteiger partial charge in [0.25, 0.3) is 0 Å². The number of rotatable bonds is 4. The molecule has 3 aromatic rings. The Hall–Kier alpha value is -3.75. The van der Waals surface area contributed by atoms with Gasteiger partial charge in [-0.25, -0.2) is 0 Å². The van der Waals surface area contributed by atoms with Crippen molar-refractivity contribution in [2.24, 2.45) is 5.92 Å². The van der Waals surface area contributed by atoms with Gasteiger partial charge in [0.1, 0.15) is 11.5 Å². The molecular weight excluding hydrogens is 408 g/mol. The number of hydrogen-bond donors (Lipinski definition) is 2. The summed E-state index contributed by atoms with van der Waals surface area (Å²) in [7, 11) is 0. The lowest BCUT2D eigenvalue weighted by atomic mass is 9.79. The fourth-order valence-corrected chi connectivity index (χ4v) is 4.37. The van der Waals surface area contributed by atoms with Crippen molar-refractivity contribution >= 4 is 17.5 Å². The summed E-state index contributed by atoms with van der Waals surface area (Å²) in [5, 5.41) is 22.8. The minimum atomic E-state index is -0.0128. The third kappa shape index (κ3) is 3.70. The molecule has 1 saturated heterocycles. The Morgan fingerprint density at radius 2 is 1.84 bits per heavy atom. The summed E-state index contributed by atoms with van der Waals surface area (Å²) >= 11 is 0. The number of nitrogens with zero attached hydrogens (tertiary/aromatic N) is 5. The summed E-state index contributed by atoms with van der Waals surface area (Å²) in [5.74, 6) is 0.777. The lowest BCUT2D eigenvalue weighted by molar-refractivity contribution is -0.142. The first-order valence-corrected chi connectivity index (χ1v) is 10.8. The number of Topliss-reactive ketones (excluding diaryl/α,β-unsaturated/α-hetero) is 1. The van der Waals surface area contributed by atoms with Crippen LogP contribution in [0, 0.1) is 5.92 Å². The van der Waals surface area contributed by atoms with Crippen molar-refractivity contribution in [2.45, 2.75) is 31.7 Å². The van der Waals surface area contributed by atoms with E-state index in [1.165, 1.54) is 0 Å². The maximum Gasteiger partial charge on any atom is 0.225 e. The first-order valence-electron chi connectivity index (χ1n) is 10.8. The highest BCUT2D eigenvalue weighted by Crippen LogP contribution is 2.40. The number of para-hydroxylation sites is 1. The average Bonchev–Trinajstić information content (AvgIpc) is 3.23. The van der Waals surface area contributed by atoms with E-state index in [4.69, 9.17) is 5.73 Å². The lowest BCUT2D eigenvalue weighted by Gasteiger charge is -2.38. The number of phenols is 1. The molecule has 0 spiro atoms. The van der Waals surface area contributed by atoms with Gasteiger partial charge in [0.2, 0.25) is 5.91 Å². The summed E-state index contributed by atoms with van der Waals surface area (Å²) in [6.07, 6.45) is 6.04. The van der Waals surface area contributed by atoms with E-state index < -0.39 is 0 Å². The van der Waals surface area contributed by atoms with E-state index in [9.17, 15) is 14.7 Å². The van der Waals surface area contributed by atoms with Crippen LogP contribution >= 0.6 is 0 Å². The van der Waals surface area contributed by atoms with E-state index in [0.717, 1.165) is 18.4 Å². The summed E-state index contributed by atoms with van der Waals surface area (Å²) in [6.45, 7) is 1.08. The molecule has 164 valence electrons. The SMILES string of the molecule is Nc1nnc(-c2ccccc2O)cc1-c1cnn(C2CC(C(=O)N3CCC(=O)CC3)C2)c1. The number of aromatic hydroxyl groups is 1. The van der Waals surface area contributed by atoms with Crippen LogP contribution in [0.2, 0.25) is 0 Å². The van der Waals surface area contributed by atoms with E-state index in [2.05, 4.69) is 15.3 Å². The molecule has 1 aliphatic carbocycles. The van der Waals surface area contributed by atoms with Gasteiger partial charge < -0.3 is 15.7 Å². The number of carbonyl (C=O) groups excluding carboxylic acids is 2. The van der Waals surface area contributed by atoms with Crippen molar-refractivity contribution in [3.63, 3.8) is 0 Å². The van der Waals surface area contributed by atoms with Gasteiger partial charge in [0, 0.05) is 54.7 Å². The number of anilines is 1. The summed E-state index contributed by atoms with van der Waals surface area (Å²) in [6, 6.07) is 8.88. The van der Waals surface area contributed by atoms with Crippen LogP contribution in [-0.4, -0.2) is 54.8 Å². The molecule has 1 aromatic carbocycles. The minimum Gasteiger partial charge on any atom is -0.507 e. The number of amides is 1. The number of ketones is 1. The van der Waals surface area contributed by atoms with Crippen LogP contribution in [0.1, 0.15) is 31.7 Å². The summed E-state index contributed by atoms with van der Waals surface area (Å²) in [5.41, 5.74) is 8.67. The number of piperidine rings is 1. The molecule has 9 heteroatoms. The van der Waals surface area contributed by atoms with E-state index >= 15 is 0 Å². The van der Waals surface area contributed by atoms with E-state index in [-0.39, 0.29) is 35.2 Å². The second-order valence-corrected chi connectivity index (χ2v) is 8.44. The number of carbonyl (C=O) groups is 2. The highest BCUT2D eigenvalue weighted by molar-refractivity contribution is 5.85. The average molecular weight is 432 g/mol. The number of likely N-dealkylation sites (tertiary alicyclic amines) is 1. The molecule has 0 bridgehead atoms. The van der Waals surface area contributed by atoms with E-state index in [0.29, 0.717) is 42.8 Å². The first-order chi connectivity index (χ1) is 15.5. The molecule has 32 heavy (non-hydrogen) atoms. The maximum atomic E-state index is 12.7. The van der Waals surface area contributed by atoms with Crippen molar-refractivity contribution in [2.75, 3.05) is 18.8 Å². The Kier molecular flexibility index (Phi) is 5.08. The fraction of sp³-hybridized carbons (Fsp3) is 0.348. The number of phenolic OH excluding ortho intramolecular Hbond substituents is 1. The Bertz CT molecular complexity index is 1170. The number of nitrogen functional groups attached to an aromatic ring is 1. The molecule has 1 amide bonds. The Morgan fingerprint density at radius 3 is 2.59 bits per heavy atom. The van der Waals surface area contributed by atoms with Gasteiger partial charge in [-0.15, -0.1) is 10.2 Å². The molecule has 1 aliphatic heterocycles. The van der Waals surface area contributed by atoms with Crippen LogP contribution in [0.25, 0.3) is 22.4 Å². The van der Waals surface area contributed by atoms with Crippen LogP contribution in [0.5, 0.6) is 5.75 Å². The van der Waals surface area contributed by atoms with Crippen molar-refractivity contribution in [3.8, 4) is 28.1 Å². The molecule has 5 rings (SSSR count). The molecule has 3 heterocycles. The summed E-state index contributed by atoms with van der Waals surface area (Å²) < 4.78 is 1.87. The molecule has 0 radical (unpaired) electrons. The highest BCUT2D eigenvalue weighted by atomic mass is 16.3. The normalized spacial score (nSPS) is 20.8. The second kappa shape index (κ2) is 8.07. The third-order valence-electron chi connectivity index (χ3n) is 6.38. The topological polar surface area (TPSA) is 127 Å². The Morgan fingerprint density at radius 1 is 1.09 bits per heavy atom. The molecule has 2 aliphatic rings. The van der Waals surface area contributed by atoms with E-state index in [1.54, 1.807) is 30.5 Å². The van der Waals surface area contributed by atoms with Crippen molar-refractivity contribution in [3.05, 3.63) is 42.7 Å². The largest absolute Gasteiger partial charge is 0.507 e. The van der Waals surface area contributed by atoms with Crippen LogP contribution < -0.4 is 5.73 Å². The fourth-order valence-electron chi connectivity index (χ4n) is 4.37. The molecule has 0 unspecified atom stereocenters. The zero-order valence-electron chi connectivity index (χ0n) is 17.5. The monoisotopic (exact) mass is 432 g/mol. The van der Waals surface area contributed by atoms with Gasteiger partial charge in [-0.05, 0) is 31.0 Å². The number of aromatic nitrogens is 4. The van der Waals surface area contributed by atoms with Crippen LogP contribution in [0.15, 0.2) is 42.7 Å². The van der Waals surface area contributed by atoms with Crippen LogP contribution in [0.4, 0.5) is 5.82 Å². The van der Waals surface area contributed by atoms with Gasteiger partial charge in [-0.1, -0.05) is 12.1 Å². The van der Waals surface area contributed by atoms with Gasteiger partial charge in [0.15, 0.2) is 5.82 Å². The van der Waals surface area contributed by atoms with Crippen LogP contribution in [-0.2, 0) is 9.59 Å². The van der Waals surface area contributed by atoms with Gasteiger partial charge in [-0.3, -0.25) is 14.3 Å². The van der Waals surface area contributed by atoms with Crippen LogP contribution in [0.3, 0.4) is 0 Å². The lowest BCUT2D eigenvalue weighted by Crippen LogP contribution is -2.46. The first kappa shape index (κ1) is 20.2. The molecule has 2 aromatic heterocycles. The smallest absolute Gasteiger partial charge is 0.225 e. The third-order valence-corrected chi connectivity index (χ3v) is 6.38. The minimum absolute atomic E-state index is 0.0128. The number of benzene rings is 1. The Balaban J connectivity index is 1.29. The van der Waals surface area contributed by atoms with Crippen molar-refractivity contribution in [1.82, 2.24) is 24.9 Å². The molecule has 3 N–H and O–H groups in total. The number of hydrogen-bond acceptors (Lipinski definition) is 7. The molecular formula is C23H24N6O3. The van der Waals surface area contributed by atoms with Gasteiger partial charge in [-0.2, -0.15) is 5.10 Å². The quantitative estimate of drug-likeness (QED) is 0.648. The zero-order valence-corrected chi connectivity index (χ0v) is 17.5. The number of nitrogens with two attached hydrogens (primary N) is 1. The molecule has 0 atom stereocenters. The summed E-state index contributed by atoms with van der Waals surface area (Å²) in [4.78, 5) is 25.9. The standard InChI is InChI=1S/C23H24N6O3/c24-22-19(11-20(26-27-22)18-3-1-2-4-21(18)31)15-12-25-29(13-15)16-9-14(10-16)23(32)28-7-5-17(30)6-8-28/h1-4,11-14,16,31H,5-10H2,(H2,24,27). The van der Waals surface area contributed by atoms with Gasteiger partial charge in [0.05, 0.1) is 17.9 Å². The zero-order chi connectivity index (χ0) is 22.2. The second-order valence-electron chi connectivity index (χ2n) is 8.44. The molecule has 9 nitrogen and oxygen atoms in total. The predicted octanol–water partition coefficient (Wildman–Crippen LogP) is 2.44.